The summed E-state index contributed by atoms with van der Waals surface area (Å²) in [6.07, 6.45) is -0.121. The van der Waals surface area contributed by atoms with Crippen molar-refractivity contribution < 1.29 is 14.6 Å². The number of ether oxygens (including phenoxy) is 1. The molecule has 0 aliphatic carbocycles. The minimum absolute atomic E-state index is 0.0147. The zero-order chi connectivity index (χ0) is 18.7. The molecule has 0 bridgehead atoms. The fourth-order valence-electron chi connectivity index (χ4n) is 3.55. The van der Waals surface area contributed by atoms with Crippen molar-refractivity contribution in [2.75, 3.05) is 13.1 Å². The first kappa shape index (κ1) is 18.3. The molecule has 2 aromatic carbocycles. The van der Waals surface area contributed by atoms with Gasteiger partial charge in [0.25, 0.3) is 0 Å². The van der Waals surface area contributed by atoms with E-state index in [-0.39, 0.29) is 11.3 Å². The number of amides is 1. The average molecular weight is 353 g/mol. The summed E-state index contributed by atoms with van der Waals surface area (Å²) in [7, 11) is 0. The van der Waals surface area contributed by atoms with Gasteiger partial charge >= 0.3 is 6.09 Å². The van der Waals surface area contributed by atoms with Crippen molar-refractivity contribution in [3.8, 4) is 5.75 Å². The molecular weight excluding hydrogens is 326 g/mol. The maximum absolute atomic E-state index is 11.6. The van der Waals surface area contributed by atoms with Crippen molar-refractivity contribution in [2.24, 2.45) is 5.41 Å². The predicted molar refractivity (Wildman–Crippen MR) is 103 cm³/mol. The lowest BCUT2D eigenvalue weighted by molar-refractivity contribution is 0.135. The second-order valence-electron chi connectivity index (χ2n) is 8.03. The predicted octanol–water partition coefficient (Wildman–Crippen LogP) is 4.93. The molecule has 2 aromatic rings. The minimum Gasteiger partial charge on any atom is -0.489 e. The molecule has 0 aromatic heterocycles. The maximum Gasteiger partial charge on any atom is 0.407 e. The molecule has 0 radical (unpaired) electrons. The average Bonchev–Trinajstić information content (AvgIpc) is 2.80. The van der Waals surface area contributed by atoms with Gasteiger partial charge in [-0.25, -0.2) is 4.79 Å². The van der Waals surface area contributed by atoms with Gasteiger partial charge in [0.05, 0.1) is 0 Å². The number of fused-ring (bicyclic) bond motifs is 1. The Bertz CT molecular complexity index is 765. The third kappa shape index (κ3) is 4.18. The summed E-state index contributed by atoms with van der Waals surface area (Å²) < 4.78 is 5.96. The zero-order valence-electron chi connectivity index (χ0n) is 15.7. The normalized spacial score (nSPS) is 17.3. The van der Waals surface area contributed by atoms with Crippen LogP contribution in [0.1, 0.15) is 43.4 Å². The van der Waals surface area contributed by atoms with Gasteiger partial charge in [0.2, 0.25) is 0 Å². The zero-order valence-corrected chi connectivity index (χ0v) is 15.7. The van der Waals surface area contributed by atoms with Gasteiger partial charge in [-0.2, -0.15) is 0 Å². The Labute approximate surface area is 155 Å². The largest absolute Gasteiger partial charge is 0.489 e. The Morgan fingerprint density at radius 2 is 1.92 bits per heavy atom. The highest BCUT2D eigenvalue weighted by Gasteiger charge is 2.33. The Hall–Kier alpha value is -2.49. The van der Waals surface area contributed by atoms with E-state index in [0.29, 0.717) is 19.7 Å². The van der Waals surface area contributed by atoms with Crippen LogP contribution < -0.4 is 4.74 Å². The van der Waals surface area contributed by atoms with Crippen LogP contribution in [0.5, 0.6) is 5.75 Å². The summed E-state index contributed by atoms with van der Waals surface area (Å²) in [4.78, 5) is 13.1. The van der Waals surface area contributed by atoms with Crippen LogP contribution >= 0.6 is 0 Å². The van der Waals surface area contributed by atoms with Crippen LogP contribution in [0.2, 0.25) is 0 Å². The van der Waals surface area contributed by atoms with Gasteiger partial charge in [-0.1, -0.05) is 57.2 Å². The van der Waals surface area contributed by atoms with E-state index in [4.69, 9.17) is 4.74 Å². The highest BCUT2D eigenvalue weighted by Crippen LogP contribution is 2.40. The molecule has 4 nitrogen and oxygen atoms in total. The van der Waals surface area contributed by atoms with Gasteiger partial charge in [0.15, 0.2) is 0 Å². The third-order valence-corrected chi connectivity index (χ3v) is 5.11. The molecule has 1 aliphatic rings. The van der Waals surface area contributed by atoms with Crippen LogP contribution in [0.15, 0.2) is 48.5 Å². The number of carbonyl (C=O) groups is 1. The Morgan fingerprint density at radius 3 is 2.58 bits per heavy atom. The molecule has 1 amide bonds. The molecule has 3 rings (SSSR count). The van der Waals surface area contributed by atoms with E-state index in [2.05, 4.69) is 32.9 Å². The topological polar surface area (TPSA) is 49.8 Å². The maximum atomic E-state index is 11.6. The van der Waals surface area contributed by atoms with E-state index in [1.807, 2.05) is 36.4 Å². The van der Waals surface area contributed by atoms with Gasteiger partial charge in [-0.15, -0.1) is 0 Å². The number of benzene rings is 2. The second-order valence-corrected chi connectivity index (χ2v) is 8.03. The summed E-state index contributed by atoms with van der Waals surface area (Å²) in [6, 6.07) is 16.3. The summed E-state index contributed by atoms with van der Waals surface area (Å²) in [6.45, 7) is 8.11. The Balaban J connectivity index is 1.84. The highest BCUT2D eigenvalue weighted by molar-refractivity contribution is 5.65. The number of hydrogen-bond acceptors (Lipinski definition) is 2. The smallest absolute Gasteiger partial charge is 0.407 e. The lowest BCUT2D eigenvalue weighted by Crippen LogP contribution is -2.36. The lowest BCUT2D eigenvalue weighted by atomic mass is 9.75. The van der Waals surface area contributed by atoms with Crippen LogP contribution in [0.25, 0.3) is 0 Å². The van der Waals surface area contributed by atoms with E-state index in [0.717, 1.165) is 17.7 Å². The first-order valence-electron chi connectivity index (χ1n) is 9.12. The van der Waals surface area contributed by atoms with Crippen LogP contribution in [0, 0.1) is 5.41 Å². The van der Waals surface area contributed by atoms with Crippen LogP contribution in [0.3, 0.4) is 0 Å². The number of rotatable bonds is 3. The fourth-order valence-corrected chi connectivity index (χ4v) is 3.55. The first-order chi connectivity index (χ1) is 12.3. The third-order valence-electron chi connectivity index (χ3n) is 5.11. The number of nitrogens with zero attached hydrogens (tertiary/aromatic N) is 1. The van der Waals surface area contributed by atoms with E-state index in [1.54, 1.807) is 4.90 Å². The molecular formula is C22H27NO3. The Kier molecular flexibility index (Phi) is 5.21. The molecule has 138 valence electrons. The number of carboxylic acid groups (broad SMARTS) is 1. The van der Waals surface area contributed by atoms with Crippen molar-refractivity contribution >= 4 is 6.09 Å². The van der Waals surface area contributed by atoms with Gasteiger partial charge in [-0.05, 0) is 40.7 Å². The first-order valence-corrected chi connectivity index (χ1v) is 9.12. The monoisotopic (exact) mass is 353 g/mol. The van der Waals surface area contributed by atoms with Gasteiger partial charge in [0.1, 0.15) is 12.4 Å². The van der Waals surface area contributed by atoms with Crippen molar-refractivity contribution in [3.63, 3.8) is 0 Å². The van der Waals surface area contributed by atoms with Crippen molar-refractivity contribution in [2.45, 2.75) is 39.7 Å². The van der Waals surface area contributed by atoms with Gasteiger partial charge in [0, 0.05) is 19.0 Å². The molecule has 0 fully saturated rings. The standard InChI is InChI=1S/C22H27NO3/c1-22(2,3)20-14-23(21(24)25)12-11-17-13-18(9-10-19(17)20)26-15-16-7-5-4-6-8-16/h4-10,13,20H,11-12,14-15H2,1-3H3,(H,24,25). The van der Waals surface area contributed by atoms with Crippen LogP contribution in [-0.4, -0.2) is 29.2 Å². The summed E-state index contributed by atoms with van der Waals surface area (Å²) in [5, 5.41) is 9.49. The van der Waals surface area contributed by atoms with Crippen molar-refractivity contribution in [3.05, 3.63) is 65.2 Å². The molecule has 4 heteroatoms. The van der Waals surface area contributed by atoms with Crippen LogP contribution in [0.4, 0.5) is 4.79 Å². The quantitative estimate of drug-likeness (QED) is 0.851. The molecule has 0 saturated heterocycles. The SMILES string of the molecule is CC(C)(C)C1CN(C(=O)O)CCc2cc(OCc3ccccc3)ccc21. The van der Waals surface area contributed by atoms with Crippen molar-refractivity contribution in [1.82, 2.24) is 4.90 Å². The van der Waals surface area contributed by atoms with Crippen molar-refractivity contribution in [1.29, 1.82) is 0 Å². The van der Waals surface area contributed by atoms with Gasteiger partial charge in [-0.3, -0.25) is 0 Å². The molecule has 26 heavy (non-hydrogen) atoms. The molecule has 1 atom stereocenters. The molecule has 1 unspecified atom stereocenters. The molecule has 1 heterocycles. The minimum atomic E-state index is -0.840. The lowest BCUT2D eigenvalue weighted by Gasteiger charge is -2.33. The molecule has 1 N–H and O–H groups in total. The highest BCUT2D eigenvalue weighted by atomic mass is 16.5. The second kappa shape index (κ2) is 7.40. The molecule has 0 saturated carbocycles. The van der Waals surface area contributed by atoms with Crippen LogP contribution in [-0.2, 0) is 13.0 Å². The van der Waals surface area contributed by atoms with E-state index in [1.165, 1.54) is 11.1 Å². The summed E-state index contributed by atoms with van der Waals surface area (Å²) in [5.74, 6) is 1.00. The number of hydrogen-bond donors (Lipinski definition) is 1. The molecule has 1 aliphatic heterocycles. The summed E-state index contributed by atoms with van der Waals surface area (Å²) >= 11 is 0. The van der Waals surface area contributed by atoms with E-state index < -0.39 is 6.09 Å². The fraction of sp³-hybridized carbons (Fsp3) is 0.409. The van der Waals surface area contributed by atoms with E-state index >= 15 is 0 Å². The summed E-state index contributed by atoms with van der Waals surface area (Å²) in [5.41, 5.74) is 3.55. The molecule has 0 spiro atoms. The van der Waals surface area contributed by atoms with E-state index in [9.17, 15) is 9.90 Å². The van der Waals surface area contributed by atoms with Gasteiger partial charge < -0.3 is 14.7 Å². The Morgan fingerprint density at radius 1 is 1.19 bits per heavy atom.